The lowest BCUT2D eigenvalue weighted by Crippen LogP contribution is -2.45. The summed E-state index contributed by atoms with van der Waals surface area (Å²) in [6.45, 7) is 7.00. The number of likely N-dealkylation sites (N-methyl/N-ethyl adjacent to an activating group) is 1. The fourth-order valence-corrected chi connectivity index (χ4v) is 2.11. The van der Waals surface area contributed by atoms with E-state index in [0.29, 0.717) is 17.9 Å². The molecule has 0 spiro atoms. The standard InChI is InChI=1S/C13H21FN4/c1-3-15-10-11-4-5-16-13(12(11)14)18-8-6-17(2)7-9-18/h4-5,15H,3,6-10H2,1-2H3. The van der Waals surface area contributed by atoms with Crippen molar-refractivity contribution in [2.75, 3.05) is 44.7 Å². The topological polar surface area (TPSA) is 31.4 Å². The fourth-order valence-electron chi connectivity index (χ4n) is 2.11. The number of nitrogens with zero attached hydrogens (tertiary/aromatic N) is 3. The summed E-state index contributed by atoms with van der Waals surface area (Å²) in [5.74, 6) is 0.321. The van der Waals surface area contributed by atoms with Crippen LogP contribution in [0.1, 0.15) is 12.5 Å². The number of anilines is 1. The first-order valence-electron chi connectivity index (χ1n) is 6.50. The van der Waals surface area contributed by atoms with Gasteiger partial charge in [0.2, 0.25) is 0 Å². The van der Waals surface area contributed by atoms with Gasteiger partial charge in [0.25, 0.3) is 0 Å². The first-order chi connectivity index (χ1) is 8.72. The van der Waals surface area contributed by atoms with Crippen LogP contribution in [0, 0.1) is 5.82 Å². The van der Waals surface area contributed by atoms with E-state index in [1.165, 1.54) is 0 Å². The largest absolute Gasteiger partial charge is 0.352 e. The summed E-state index contributed by atoms with van der Waals surface area (Å²) in [5, 5.41) is 3.15. The van der Waals surface area contributed by atoms with Crippen molar-refractivity contribution in [2.45, 2.75) is 13.5 Å². The molecule has 2 heterocycles. The van der Waals surface area contributed by atoms with E-state index in [4.69, 9.17) is 0 Å². The normalized spacial score (nSPS) is 17.2. The quantitative estimate of drug-likeness (QED) is 0.869. The molecule has 0 amide bonds. The molecule has 0 radical (unpaired) electrons. The fraction of sp³-hybridized carbons (Fsp3) is 0.615. The van der Waals surface area contributed by atoms with Gasteiger partial charge in [-0.3, -0.25) is 0 Å². The number of nitrogens with one attached hydrogen (secondary N) is 1. The molecule has 0 bridgehead atoms. The van der Waals surface area contributed by atoms with Gasteiger partial charge in [-0.1, -0.05) is 6.92 Å². The van der Waals surface area contributed by atoms with E-state index in [0.717, 1.165) is 32.7 Å². The number of hydrogen-bond donors (Lipinski definition) is 1. The average Bonchev–Trinajstić information content (AvgIpc) is 2.39. The van der Waals surface area contributed by atoms with Gasteiger partial charge in [0, 0.05) is 44.5 Å². The van der Waals surface area contributed by atoms with Gasteiger partial charge in [-0.05, 0) is 19.7 Å². The van der Waals surface area contributed by atoms with Crippen molar-refractivity contribution in [1.82, 2.24) is 15.2 Å². The van der Waals surface area contributed by atoms with Gasteiger partial charge in [-0.2, -0.15) is 0 Å². The van der Waals surface area contributed by atoms with Crippen molar-refractivity contribution in [3.05, 3.63) is 23.6 Å². The average molecular weight is 252 g/mol. The summed E-state index contributed by atoms with van der Waals surface area (Å²) >= 11 is 0. The highest BCUT2D eigenvalue weighted by atomic mass is 19.1. The van der Waals surface area contributed by atoms with Gasteiger partial charge < -0.3 is 15.1 Å². The zero-order valence-corrected chi connectivity index (χ0v) is 11.1. The second-order valence-corrected chi connectivity index (χ2v) is 4.68. The minimum absolute atomic E-state index is 0.178. The molecule has 1 aromatic rings. The van der Waals surface area contributed by atoms with Gasteiger partial charge in [0.15, 0.2) is 11.6 Å². The minimum atomic E-state index is -0.178. The number of rotatable bonds is 4. The molecule has 1 aliphatic rings. The van der Waals surface area contributed by atoms with E-state index in [9.17, 15) is 4.39 Å². The molecule has 1 aliphatic heterocycles. The zero-order chi connectivity index (χ0) is 13.0. The monoisotopic (exact) mass is 252 g/mol. The van der Waals surface area contributed by atoms with Gasteiger partial charge in [0.1, 0.15) is 0 Å². The lowest BCUT2D eigenvalue weighted by Gasteiger charge is -2.33. The van der Waals surface area contributed by atoms with Gasteiger partial charge >= 0.3 is 0 Å². The molecule has 0 aromatic carbocycles. The second kappa shape index (κ2) is 6.11. The van der Waals surface area contributed by atoms with E-state index < -0.39 is 0 Å². The molecule has 2 rings (SSSR count). The third-order valence-corrected chi connectivity index (χ3v) is 3.32. The Kier molecular flexibility index (Phi) is 4.49. The second-order valence-electron chi connectivity index (χ2n) is 4.68. The maximum Gasteiger partial charge on any atom is 0.170 e. The minimum Gasteiger partial charge on any atom is -0.352 e. The predicted octanol–water partition coefficient (Wildman–Crippen LogP) is 1.08. The number of aromatic nitrogens is 1. The van der Waals surface area contributed by atoms with Crippen LogP contribution in [0.4, 0.5) is 10.2 Å². The molecule has 5 heteroatoms. The van der Waals surface area contributed by atoms with Gasteiger partial charge in [0.05, 0.1) is 0 Å². The van der Waals surface area contributed by atoms with Crippen molar-refractivity contribution in [3.63, 3.8) is 0 Å². The Labute approximate surface area is 108 Å². The van der Waals surface area contributed by atoms with Crippen molar-refractivity contribution >= 4 is 5.82 Å². The third kappa shape index (κ3) is 2.97. The van der Waals surface area contributed by atoms with Crippen LogP contribution in [-0.2, 0) is 6.54 Å². The highest BCUT2D eigenvalue weighted by Gasteiger charge is 2.19. The molecular formula is C13H21FN4. The first kappa shape index (κ1) is 13.2. The van der Waals surface area contributed by atoms with E-state index >= 15 is 0 Å². The van der Waals surface area contributed by atoms with E-state index in [1.54, 1.807) is 12.3 Å². The molecule has 0 unspecified atom stereocenters. The predicted molar refractivity (Wildman–Crippen MR) is 71.3 cm³/mol. The SMILES string of the molecule is CCNCc1ccnc(N2CCN(C)CC2)c1F. The molecule has 18 heavy (non-hydrogen) atoms. The molecule has 0 aliphatic carbocycles. The molecule has 1 saturated heterocycles. The van der Waals surface area contributed by atoms with Crippen LogP contribution in [0.15, 0.2) is 12.3 Å². The van der Waals surface area contributed by atoms with Crippen molar-refractivity contribution in [3.8, 4) is 0 Å². The van der Waals surface area contributed by atoms with Gasteiger partial charge in [-0.15, -0.1) is 0 Å². The Hall–Kier alpha value is -1.20. The lowest BCUT2D eigenvalue weighted by atomic mass is 10.2. The maximum atomic E-state index is 14.3. The molecule has 100 valence electrons. The van der Waals surface area contributed by atoms with Crippen molar-refractivity contribution in [1.29, 1.82) is 0 Å². The number of pyridine rings is 1. The number of hydrogen-bond acceptors (Lipinski definition) is 4. The molecule has 4 nitrogen and oxygen atoms in total. The van der Waals surface area contributed by atoms with Crippen LogP contribution < -0.4 is 10.2 Å². The van der Waals surface area contributed by atoms with E-state index in [2.05, 4.69) is 22.2 Å². The Balaban J connectivity index is 2.12. The molecule has 1 aromatic heterocycles. The Morgan fingerprint density at radius 3 is 2.72 bits per heavy atom. The highest BCUT2D eigenvalue weighted by molar-refractivity contribution is 5.43. The summed E-state index contributed by atoms with van der Waals surface area (Å²) in [6.07, 6.45) is 1.70. The van der Waals surface area contributed by atoms with E-state index in [-0.39, 0.29) is 5.82 Å². The Morgan fingerprint density at radius 1 is 1.33 bits per heavy atom. The first-order valence-corrected chi connectivity index (χ1v) is 6.50. The zero-order valence-electron chi connectivity index (χ0n) is 11.1. The smallest absolute Gasteiger partial charge is 0.170 e. The summed E-state index contributed by atoms with van der Waals surface area (Å²) in [5.41, 5.74) is 0.695. The Bertz CT molecular complexity index is 389. The molecule has 1 fully saturated rings. The van der Waals surface area contributed by atoms with E-state index in [1.807, 2.05) is 11.8 Å². The number of piperazine rings is 1. The Morgan fingerprint density at radius 2 is 2.06 bits per heavy atom. The molecule has 0 atom stereocenters. The van der Waals surface area contributed by atoms with Crippen LogP contribution >= 0.6 is 0 Å². The van der Waals surface area contributed by atoms with Crippen LogP contribution in [0.25, 0.3) is 0 Å². The summed E-state index contributed by atoms with van der Waals surface area (Å²) in [4.78, 5) is 8.48. The van der Waals surface area contributed by atoms with Crippen LogP contribution in [0.3, 0.4) is 0 Å². The maximum absolute atomic E-state index is 14.3. The highest BCUT2D eigenvalue weighted by Crippen LogP contribution is 2.20. The molecule has 1 N–H and O–H groups in total. The van der Waals surface area contributed by atoms with Crippen LogP contribution in [0.5, 0.6) is 0 Å². The summed E-state index contributed by atoms with van der Waals surface area (Å²) in [6, 6.07) is 1.75. The van der Waals surface area contributed by atoms with Crippen molar-refractivity contribution < 1.29 is 4.39 Å². The van der Waals surface area contributed by atoms with Crippen LogP contribution in [-0.4, -0.2) is 49.7 Å². The number of halogens is 1. The van der Waals surface area contributed by atoms with Crippen LogP contribution in [0.2, 0.25) is 0 Å². The van der Waals surface area contributed by atoms with Crippen molar-refractivity contribution in [2.24, 2.45) is 0 Å². The summed E-state index contributed by atoms with van der Waals surface area (Å²) in [7, 11) is 2.09. The lowest BCUT2D eigenvalue weighted by molar-refractivity contribution is 0.310. The molecular weight excluding hydrogens is 231 g/mol. The van der Waals surface area contributed by atoms with Gasteiger partial charge in [-0.25, -0.2) is 9.37 Å². The summed E-state index contributed by atoms with van der Waals surface area (Å²) < 4.78 is 14.3. The third-order valence-electron chi connectivity index (χ3n) is 3.32. The molecule has 0 saturated carbocycles.